The number of nitrogens with zero attached hydrogens (tertiary/aromatic N) is 1. The molecule has 3 atom stereocenters. The Morgan fingerprint density at radius 1 is 1.06 bits per heavy atom. The minimum absolute atomic E-state index is 0.105. The zero-order valence-corrected chi connectivity index (χ0v) is 20.3. The van der Waals surface area contributed by atoms with Crippen LogP contribution in [0.3, 0.4) is 0 Å². The third kappa shape index (κ3) is 6.17. The highest BCUT2D eigenvalue weighted by atomic mass is 19.1. The number of hydrogen-bond acceptors (Lipinski definition) is 3. The van der Waals surface area contributed by atoms with Crippen molar-refractivity contribution in [2.24, 2.45) is 0 Å². The molecular formula is C28H31F2N3O3. The lowest BCUT2D eigenvalue weighted by Crippen LogP contribution is -2.54. The molecule has 36 heavy (non-hydrogen) atoms. The summed E-state index contributed by atoms with van der Waals surface area (Å²) in [7, 11) is 0. The lowest BCUT2D eigenvalue weighted by molar-refractivity contribution is -0.140. The monoisotopic (exact) mass is 495 g/mol. The Bertz CT molecular complexity index is 1110. The maximum absolute atomic E-state index is 13.7. The SMILES string of the molecule is C[C@H](NC(=O)Cc1cc(F)cc(F)c1)C(=O)N[C@@H]1CC=C[C@@H](c2ccccc2)N(C2CCCC2)C1=O. The third-order valence-electron chi connectivity index (χ3n) is 6.78. The number of rotatable bonds is 7. The summed E-state index contributed by atoms with van der Waals surface area (Å²) < 4.78 is 26.8. The Balaban J connectivity index is 1.42. The maximum atomic E-state index is 13.7. The first-order chi connectivity index (χ1) is 17.3. The largest absolute Gasteiger partial charge is 0.344 e. The second kappa shape index (κ2) is 11.5. The molecule has 3 amide bonds. The molecule has 2 aromatic carbocycles. The van der Waals surface area contributed by atoms with E-state index in [0.717, 1.165) is 49.4 Å². The van der Waals surface area contributed by atoms with Crippen LogP contribution in [-0.2, 0) is 20.8 Å². The summed E-state index contributed by atoms with van der Waals surface area (Å²) in [5.74, 6) is -2.73. The predicted octanol–water partition coefficient (Wildman–Crippen LogP) is 3.97. The van der Waals surface area contributed by atoms with Gasteiger partial charge in [0.15, 0.2) is 0 Å². The first-order valence-electron chi connectivity index (χ1n) is 12.4. The van der Waals surface area contributed by atoms with Crippen molar-refractivity contribution in [2.75, 3.05) is 0 Å². The van der Waals surface area contributed by atoms with Gasteiger partial charge in [-0.15, -0.1) is 0 Å². The molecule has 0 radical (unpaired) electrons. The van der Waals surface area contributed by atoms with Gasteiger partial charge in [-0.2, -0.15) is 0 Å². The molecule has 1 fully saturated rings. The molecule has 190 valence electrons. The molecule has 0 aromatic heterocycles. The minimum atomic E-state index is -0.930. The molecule has 0 unspecified atom stereocenters. The Hall–Kier alpha value is -3.55. The van der Waals surface area contributed by atoms with Crippen molar-refractivity contribution >= 4 is 17.7 Å². The van der Waals surface area contributed by atoms with Gasteiger partial charge in [0.25, 0.3) is 0 Å². The maximum Gasteiger partial charge on any atom is 0.246 e. The number of nitrogens with one attached hydrogen (secondary N) is 2. The van der Waals surface area contributed by atoms with E-state index in [4.69, 9.17) is 0 Å². The summed E-state index contributed by atoms with van der Waals surface area (Å²) in [6, 6.07) is 11.0. The van der Waals surface area contributed by atoms with Crippen molar-refractivity contribution < 1.29 is 23.2 Å². The van der Waals surface area contributed by atoms with Gasteiger partial charge in [-0.25, -0.2) is 8.78 Å². The third-order valence-corrected chi connectivity index (χ3v) is 6.78. The summed E-state index contributed by atoms with van der Waals surface area (Å²) in [5.41, 5.74) is 1.19. The van der Waals surface area contributed by atoms with E-state index in [-0.39, 0.29) is 30.0 Å². The van der Waals surface area contributed by atoms with Crippen LogP contribution in [0.15, 0.2) is 60.7 Å². The van der Waals surface area contributed by atoms with E-state index in [1.807, 2.05) is 47.4 Å². The Kier molecular flexibility index (Phi) is 8.13. The van der Waals surface area contributed by atoms with Crippen molar-refractivity contribution in [1.29, 1.82) is 0 Å². The van der Waals surface area contributed by atoms with Gasteiger partial charge >= 0.3 is 0 Å². The molecule has 1 heterocycles. The lowest BCUT2D eigenvalue weighted by Gasteiger charge is -2.36. The fourth-order valence-electron chi connectivity index (χ4n) is 5.04. The number of hydrogen-bond donors (Lipinski definition) is 2. The highest BCUT2D eigenvalue weighted by Crippen LogP contribution is 2.34. The molecule has 1 aliphatic heterocycles. The van der Waals surface area contributed by atoms with Crippen molar-refractivity contribution in [3.05, 3.63) is 83.4 Å². The van der Waals surface area contributed by atoms with E-state index in [1.165, 1.54) is 6.92 Å². The van der Waals surface area contributed by atoms with Crippen LogP contribution in [0.1, 0.15) is 56.2 Å². The smallest absolute Gasteiger partial charge is 0.246 e. The molecule has 0 bridgehead atoms. The quantitative estimate of drug-likeness (QED) is 0.571. The number of benzene rings is 2. The van der Waals surface area contributed by atoms with Gasteiger partial charge < -0.3 is 15.5 Å². The molecule has 2 aromatic rings. The zero-order valence-electron chi connectivity index (χ0n) is 20.3. The molecule has 1 aliphatic carbocycles. The normalized spacial score (nSPS) is 21.2. The van der Waals surface area contributed by atoms with E-state index in [9.17, 15) is 23.2 Å². The van der Waals surface area contributed by atoms with Crippen LogP contribution in [0.5, 0.6) is 0 Å². The van der Waals surface area contributed by atoms with Gasteiger partial charge in [-0.05, 0) is 49.4 Å². The molecule has 0 spiro atoms. The van der Waals surface area contributed by atoms with E-state index in [0.29, 0.717) is 6.42 Å². The minimum Gasteiger partial charge on any atom is -0.344 e. The van der Waals surface area contributed by atoms with E-state index >= 15 is 0 Å². The van der Waals surface area contributed by atoms with Gasteiger partial charge in [0.2, 0.25) is 17.7 Å². The summed E-state index contributed by atoms with van der Waals surface area (Å²) >= 11 is 0. The van der Waals surface area contributed by atoms with Gasteiger partial charge in [-0.1, -0.05) is 55.3 Å². The van der Waals surface area contributed by atoms with Crippen LogP contribution in [0.4, 0.5) is 8.78 Å². The van der Waals surface area contributed by atoms with E-state index < -0.39 is 35.5 Å². The van der Waals surface area contributed by atoms with Crippen molar-refractivity contribution in [3.8, 4) is 0 Å². The van der Waals surface area contributed by atoms with Crippen LogP contribution in [-0.4, -0.2) is 40.7 Å². The number of carbonyl (C=O) groups is 3. The molecule has 2 aliphatic rings. The summed E-state index contributed by atoms with van der Waals surface area (Å²) in [5, 5.41) is 5.35. The fraction of sp³-hybridized carbons (Fsp3) is 0.393. The highest BCUT2D eigenvalue weighted by Gasteiger charge is 2.38. The number of halogens is 2. The Morgan fingerprint density at radius 3 is 2.39 bits per heavy atom. The molecule has 8 heteroatoms. The average molecular weight is 496 g/mol. The van der Waals surface area contributed by atoms with Crippen molar-refractivity contribution in [1.82, 2.24) is 15.5 Å². The van der Waals surface area contributed by atoms with Gasteiger partial charge in [0, 0.05) is 12.1 Å². The van der Waals surface area contributed by atoms with Crippen LogP contribution in [0.25, 0.3) is 0 Å². The highest BCUT2D eigenvalue weighted by molar-refractivity contribution is 5.92. The van der Waals surface area contributed by atoms with Crippen LogP contribution < -0.4 is 10.6 Å². The topological polar surface area (TPSA) is 78.5 Å². The Morgan fingerprint density at radius 2 is 1.72 bits per heavy atom. The standard InChI is InChI=1S/C28H31F2N3O3/c1-18(31-26(34)16-19-14-21(29)17-22(30)15-19)27(35)32-24-12-7-13-25(20-8-3-2-4-9-20)33(28(24)36)23-10-5-6-11-23/h2-4,7-9,13-15,17-18,23-25H,5-6,10-12,16H2,1H3,(H,31,34)(H,32,35)/t18-,24+,25-/m0/s1. The van der Waals surface area contributed by atoms with Gasteiger partial charge in [-0.3, -0.25) is 14.4 Å². The average Bonchev–Trinajstić information content (AvgIpc) is 3.31. The second-order valence-electron chi connectivity index (χ2n) is 9.51. The second-order valence-corrected chi connectivity index (χ2v) is 9.51. The van der Waals surface area contributed by atoms with Crippen LogP contribution in [0.2, 0.25) is 0 Å². The van der Waals surface area contributed by atoms with Crippen LogP contribution >= 0.6 is 0 Å². The van der Waals surface area contributed by atoms with Gasteiger partial charge in [0.1, 0.15) is 23.7 Å². The molecule has 2 N–H and O–H groups in total. The lowest BCUT2D eigenvalue weighted by atomic mass is 10.0. The number of carbonyl (C=O) groups excluding carboxylic acids is 3. The first kappa shape index (κ1) is 25.5. The Labute approximate surface area is 209 Å². The summed E-state index contributed by atoms with van der Waals surface area (Å²) in [6.45, 7) is 1.51. The zero-order chi connectivity index (χ0) is 25.7. The summed E-state index contributed by atoms with van der Waals surface area (Å²) in [6.07, 6.45) is 8.02. The molecule has 1 saturated carbocycles. The molecule has 4 rings (SSSR count). The van der Waals surface area contributed by atoms with Crippen molar-refractivity contribution in [3.63, 3.8) is 0 Å². The van der Waals surface area contributed by atoms with Gasteiger partial charge in [0.05, 0.1) is 12.5 Å². The molecular weight excluding hydrogens is 464 g/mol. The van der Waals surface area contributed by atoms with E-state index in [2.05, 4.69) is 10.6 Å². The first-order valence-corrected chi connectivity index (χ1v) is 12.4. The molecule has 6 nitrogen and oxygen atoms in total. The predicted molar refractivity (Wildman–Crippen MR) is 132 cm³/mol. The van der Waals surface area contributed by atoms with Crippen molar-refractivity contribution in [2.45, 2.75) is 69.6 Å². The summed E-state index contributed by atoms with van der Waals surface area (Å²) in [4.78, 5) is 40.9. The van der Waals surface area contributed by atoms with Crippen LogP contribution in [0, 0.1) is 11.6 Å². The number of amides is 3. The van der Waals surface area contributed by atoms with E-state index in [1.54, 1.807) is 0 Å². The molecule has 0 saturated heterocycles. The fourth-order valence-corrected chi connectivity index (χ4v) is 5.04.